The van der Waals surface area contributed by atoms with Gasteiger partial charge >= 0.3 is 12.1 Å². The van der Waals surface area contributed by atoms with E-state index in [9.17, 15) is 18.0 Å². The van der Waals surface area contributed by atoms with Crippen molar-refractivity contribution in [1.29, 1.82) is 0 Å². The lowest BCUT2D eigenvalue weighted by atomic mass is 10.1. The molecule has 0 amide bonds. The Hall–Kier alpha value is -2.97. The Kier molecular flexibility index (Phi) is 3.92. The minimum absolute atomic E-state index is 0.000566. The first-order valence-electron chi connectivity index (χ1n) is 6.96. The molecule has 6 nitrogen and oxygen atoms in total. The molecule has 0 radical (unpaired) electrons. The van der Waals surface area contributed by atoms with Gasteiger partial charge in [-0.25, -0.2) is 4.98 Å². The molecular formula is C15H11F3N4O2. The summed E-state index contributed by atoms with van der Waals surface area (Å²) < 4.78 is 40.6. The van der Waals surface area contributed by atoms with Gasteiger partial charge in [0.25, 0.3) is 5.78 Å². The molecule has 3 aromatic rings. The van der Waals surface area contributed by atoms with Crippen LogP contribution in [0.5, 0.6) is 0 Å². The Labute approximate surface area is 133 Å². The van der Waals surface area contributed by atoms with E-state index in [1.807, 2.05) is 0 Å². The van der Waals surface area contributed by atoms with Gasteiger partial charge in [-0.05, 0) is 6.07 Å². The van der Waals surface area contributed by atoms with Crippen LogP contribution in [-0.2, 0) is 17.4 Å². The van der Waals surface area contributed by atoms with Gasteiger partial charge in [0.2, 0.25) is 0 Å². The normalized spacial score (nSPS) is 11.8. The highest BCUT2D eigenvalue weighted by atomic mass is 19.4. The molecule has 0 bridgehead atoms. The van der Waals surface area contributed by atoms with E-state index in [-0.39, 0.29) is 30.1 Å². The van der Waals surface area contributed by atoms with Crippen LogP contribution < -0.4 is 0 Å². The molecule has 0 atom stereocenters. The molecule has 0 saturated carbocycles. The first kappa shape index (κ1) is 15.9. The van der Waals surface area contributed by atoms with E-state index in [1.54, 1.807) is 30.3 Å². The third-order valence-electron chi connectivity index (χ3n) is 3.28. The van der Waals surface area contributed by atoms with Crippen LogP contribution in [0.4, 0.5) is 13.2 Å². The zero-order valence-corrected chi connectivity index (χ0v) is 12.2. The maximum absolute atomic E-state index is 13.3. The van der Waals surface area contributed by atoms with Crippen molar-refractivity contribution < 1.29 is 23.1 Å². The molecule has 24 heavy (non-hydrogen) atoms. The van der Waals surface area contributed by atoms with Crippen LogP contribution in [0.25, 0.3) is 17.0 Å². The average molecular weight is 336 g/mol. The summed E-state index contributed by atoms with van der Waals surface area (Å²) in [5, 5.41) is 12.4. The maximum atomic E-state index is 13.3. The van der Waals surface area contributed by atoms with Crippen molar-refractivity contribution in [2.75, 3.05) is 0 Å². The molecule has 124 valence electrons. The monoisotopic (exact) mass is 336 g/mol. The number of halogens is 3. The Bertz CT molecular complexity index is 891. The number of hydrogen-bond donors (Lipinski definition) is 1. The number of hydrogen-bond acceptors (Lipinski definition) is 4. The van der Waals surface area contributed by atoms with Crippen molar-refractivity contribution in [2.24, 2.45) is 0 Å². The minimum atomic E-state index is -4.65. The highest BCUT2D eigenvalue weighted by Gasteiger charge is 2.35. The van der Waals surface area contributed by atoms with Crippen molar-refractivity contribution in [3.63, 3.8) is 0 Å². The Morgan fingerprint density at radius 2 is 1.88 bits per heavy atom. The van der Waals surface area contributed by atoms with Gasteiger partial charge in [0.05, 0.1) is 12.1 Å². The van der Waals surface area contributed by atoms with Gasteiger partial charge in [0.1, 0.15) is 0 Å². The molecule has 0 saturated heterocycles. The van der Waals surface area contributed by atoms with Crippen LogP contribution in [0.1, 0.15) is 17.9 Å². The number of nitrogens with zero attached hydrogens (tertiary/aromatic N) is 4. The van der Waals surface area contributed by atoms with E-state index in [0.29, 0.717) is 10.1 Å². The van der Waals surface area contributed by atoms with E-state index in [2.05, 4.69) is 15.1 Å². The summed E-state index contributed by atoms with van der Waals surface area (Å²) >= 11 is 0. The lowest BCUT2D eigenvalue weighted by molar-refractivity contribution is -0.142. The molecule has 0 fully saturated rings. The summed E-state index contributed by atoms with van der Waals surface area (Å²) in [5.41, 5.74) is -0.381. The fourth-order valence-electron chi connectivity index (χ4n) is 2.19. The van der Waals surface area contributed by atoms with Gasteiger partial charge in [0, 0.05) is 12.0 Å². The van der Waals surface area contributed by atoms with Gasteiger partial charge < -0.3 is 5.11 Å². The maximum Gasteiger partial charge on any atom is 0.433 e. The number of carbonyl (C=O) groups is 1. The number of fused-ring (bicyclic) bond motifs is 1. The highest BCUT2D eigenvalue weighted by Crippen LogP contribution is 2.31. The van der Waals surface area contributed by atoms with Crippen molar-refractivity contribution in [1.82, 2.24) is 19.6 Å². The van der Waals surface area contributed by atoms with Gasteiger partial charge in [-0.3, -0.25) is 4.79 Å². The van der Waals surface area contributed by atoms with Gasteiger partial charge in [-0.15, -0.1) is 5.10 Å². The second kappa shape index (κ2) is 5.91. The second-order valence-corrected chi connectivity index (χ2v) is 5.02. The van der Waals surface area contributed by atoms with Crippen molar-refractivity contribution >= 4 is 11.7 Å². The quantitative estimate of drug-likeness (QED) is 0.792. The van der Waals surface area contributed by atoms with E-state index < -0.39 is 17.8 Å². The van der Waals surface area contributed by atoms with E-state index >= 15 is 0 Å². The molecule has 2 heterocycles. The molecule has 3 rings (SSSR count). The summed E-state index contributed by atoms with van der Waals surface area (Å²) in [5.74, 6) is -1.30. The zero-order valence-electron chi connectivity index (χ0n) is 12.2. The molecule has 2 aromatic heterocycles. The smallest absolute Gasteiger partial charge is 0.433 e. The average Bonchev–Trinajstić information content (AvgIpc) is 2.94. The van der Waals surface area contributed by atoms with Crippen molar-refractivity contribution in [3.05, 3.63) is 47.9 Å². The zero-order chi connectivity index (χ0) is 17.3. The van der Waals surface area contributed by atoms with Crippen molar-refractivity contribution in [3.8, 4) is 11.3 Å². The van der Waals surface area contributed by atoms with Gasteiger partial charge in [-0.1, -0.05) is 30.3 Å². The fraction of sp³-hybridized carbons (Fsp3) is 0.200. The summed E-state index contributed by atoms with van der Waals surface area (Å²) in [6, 6.07) is 9.31. The minimum Gasteiger partial charge on any atom is -0.481 e. The lowest BCUT2D eigenvalue weighted by Gasteiger charge is -2.10. The predicted octanol–water partition coefficient (Wildman–Crippen LogP) is 2.83. The molecule has 1 N–H and O–H groups in total. The van der Waals surface area contributed by atoms with Crippen LogP contribution in [0.3, 0.4) is 0 Å². The summed E-state index contributed by atoms with van der Waals surface area (Å²) in [7, 11) is 0. The molecule has 0 unspecified atom stereocenters. The third-order valence-corrected chi connectivity index (χ3v) is 3.28. The Morgan fingerprint density at radius 3 is 2.50 bits per heavy atom. The first-order valence-corrected chi connectivity index (χ1v) is 6.96. The van der Waals surface area contributed by atoms with Crippen LogP contribution in [0, 0.1) is 0 Å². The van der Waals surface area contributed by atoms with Gasteiger partial charge in [-0.2, -0.15) is 22.7 Å². The first-order chi connectivity index (χ1) is 11.3. The molecule has 0 spiro atoms. The number of benzene rings is 1. The molecule has 9 heteroatoms. The number of aliphatic carboxylic acids is 1. The standard InChI is InChI=1S/C15H11F3N4O2/c16-15(17,18)11-8-10(9-4-2-1-3-5-9)19-14-20-12(21-22(11)14)6-7-13(23)24/h1-5,8H,6-7H2,(H,23,24). The number of alkyl halides is 3. The second-order valence-electron chi connectivity index (χ2n) is 5.02. The molecule has 1 aromatic carbocycles. The molecular weight excluding hydrogens is 325 g/mol. The highest BCUT2D eigenvalue weighted by molar-refractivity contribution is 5.67. The molecule has 0 aliphatic rings. The summed E-state index contributed by atoms with van der Waals surface area (Å²) in [6.45, 7) is 0. The third kappa shape index (κ3) is 3.19. The molecule has 0 aliphatic heterocycles. The topological polar surface area (TPSA) is 80.4 Å². The number of rotatable bonds is 4. The summed E-state index contributed by atoms with van der Waals surface area (Å²) in [6.07, 6.45) is -5.00. The van der Waals surface area contributed by atoms with Crippen LogP contribution in [-0.4, -0.2) is 30.7 Å². The van der Waals surface area contributed by atoms with E-state index in [1.165, 1.54) is 0 Å². The van der Waals surface area contributed by atoms with Crippen LogP contribution in [0.15, 0.2) is 36.4 Å². The molecule has 0 aliphatic carbocycles. The largest absolute Gasteiger partial charge is 0.481 e. The van der Waals surface area contributed by atoms with E-state index in [4.69, 9.17) is 5.11 Å². The summed E-state index contributed by atoms with van der Waals surface area (Å²) in [4.78, 5) is 18.6. The Morgan fingerprint density at radius 1 is 1.17 bits per heavy atom. The van der Waals surface area contributed by atoms with Crippen LogP contribution >= 0.6 is 0 Å². The lowest BCUT2D eigenvalue weighted by Crippen LogP contribution is -2.14. The number of aryl methyl sites for hydroxylation is 1. The van der Waals surface area contributed by atoms with Gasteiger partial charge in [0.15, 0.2) is 11.5 Å². The number of carboxylic acids is 1. The number of aromatic nitrogens is 4. The fourth-order valence-corrected chi connectivity index (χ4v) is 2.19. The van der Waals surface area contributed by atoms with E-state index in [0.717, 1.165) is 6.07 Å². The predicted molar refractivity (Wildman–Crippen MR) is 77.2 cm³/mol. The Balaban J connectivity index is 2.14. The SMILES string of the molecule is O=C(O)CCc1nc2nc(-c3ccccc3)cc(C(F)(F)F)n2n1. The number of carboxylic acid groups (broad SMARTS) is 1. The van der Waals surface area contributed by atoms with Crippen LogP contribution in [0.2, 0.25) is 0 Å². The van der Waals surface area contributed by atoms with Crippen molar-refractivity contribution in [2.45, 2.75) is 19.0 Å².